The van der Waals surface area contributed by atoms with Gasteiger partial charge in [0.25, 0.3) is 0 Å². The third-order valence-electron chi connectivity index (χ3n) is 7.47. The summed E-state index contributed by atoms with van der Waals surface area (Å²) in [5, 5.41) is 32.7. The molecule has 4 aliphatic rings. The molecule has 1 aromatic carbocycles. The van der Waals surface area contributed by atoms with Crippen molar-refractivity contribution in [3.8, 4) is 11.5 Å². The molecule has 5 nitrogen and oxygen atoms in total. The predicted octanol–water partition coefficient (Wildman–Crippen LogP) is 2.17. The van der Waals surface area contributed by atoms with Gasteiger partial charge in [-0.3, -0.25) is 4.90 Å². The standard InChI is InChI=1S/C21H29NO4/c1-2-22(11-12-4-3-5-12)16-10-13-6-7-14(23)19-17(13)18-20(26-19)15(24)8-9-21(16,18)25/h6-7,12,15-16,18,20,23-25H,2-5,8-11H2,1H3/t15-,16?,18?,20-,21+/m0/s1. The Morgan fingerprint density at radius 3 is 2.77 bits per heavy atom. The number of phenols is 1. The maximum atomic E-state index is 11.9. The van der Waals surface area contributed by atoms with Crippen LogP contribution in [0.4, 0.5) is 0 Å². The third kappa shape index (κ3) is 2.20. The minimum atomic E-state index is -0.907. The van der Waals surface area contributed by atoms with Crippen LogP contribution in [-0.4, -0.2) is 57.2 Å². The number of hydrogen-bond donors (Lipinski definition) is 3. The lowest BCUT2D eigenvalue weighted by molar-refractivity contribution is -0.142. The van der Waals surface area contributed by atoms with Gasteiger partial charge in [-0.15, -0.1) is 0 Å². The van der Waals surface area contributed by atoms with E-state index < -0.39 is 17.8 Å². The molecule has 2 saturated carbocycles. The summed E-state index contributed by atoms with van der Waals surface area (Å²) in [5.74, 6) is 1.10. The highest BCUT2D eigenvalue weighted by molar-refractivity contribution is 5.58. The van der Waals surface area contributed by atoms with Gasteiger partial charge in [-0.2, -0.15) is 0 Å². The third-order valence-corrected chi connectivity index (χ3v) is 7.47. The summed E-state index contributed by atoms with van der Waals surface area (Å²) in [4.78, 5) is 2.46. The molecule has 26 heavy (non-hydrogen) atoms. The SMILES string of the molecule is CCN(CC1CCC1)C1Cc2ccc(O)c3c2C2[C@@H](O3)[C@@H](O)CC[C@]21O. The first-order chi connectivity index (χ1) is 12.5. The summed E-state index contributed by atoms with van der Waals surface area (Å²) in [6.07, 6.45) is 4.77. The van der Waals surface area contributed by atoms with E-state index in [1.165, 1.54) is 19.3 Å². The topological polar surface area (TPSA) is 73.2 Å². The van der Waals surface area contributed by atoms with Gasteiger partial charge in [0.1, 0.15) is 6.10 Å². The van der Waals surface area contributed by atoms with E-state index in [0.717, 1.165) is 36.6 Å². The van der Waals surface area contributed by atoms with Gasteiger partial charge in [0.05, 0.1) is 17.6 Å². The molecule has 0 amide bonds. The summed E-state index contributed by atoms with van der Waals surface area (Å²) in [6, 6.07) is 3.71. The first-order valence-corrected chi connectivity index (χ1v) is 10.2. The minimum absolute atomic E-state index is 0.0414. The fourth-order valence-corrected chi connectivity index (χ4v) is 5.86. The van der Waals surface area contributed by atoms with E-state index in [1.54, 1.807) is 6.07 Å². The fourth-order valence-electron chi connectivity index (χ4n) is 5.86. The van der Waals surface area contributed by atoms with Gasteiger partial charge in [0.2, 0.25) is 0 Å². The Morgan fingerprint density at radius 2 is 2.08 bits per heavy atom. The van der Waals surface area contributed by atoms with Gasteiger partial charge in [0.15, 0.2) is 11.5 Å². The molecule has 1 aromatic rings. The predicted molar refractivity (Wildman–Crippen MR) is 97.5 cm³/mol. The number of phenolic OH excluding ortho intramolecular Hbond substituents is 1. The maximum absolute atomic E-state index is 11.9. The highest BCUT2D eigenvalue weighted by Gasteiger charge is 2.61. The van der Waals surface area contributed by atoms with Crippen molar-refractivity contribution in [1.29, 1.82) is 0 Å². The van der Waals surface area contributed by atoms with Crippen molar-refractivity contribution in [3.05, 3.63) is 23.3 Å². The molecule has 5 heteroatoms. The van der Waals surface area contributed by atoms with Crippen molar-refractivity contribution in [2.45, 2.75) is 75.2 Å². The van der Waals surface area contributed by atoms with Crippen LogP contribution in [0, 0.1) is 5.92 Å². The quantitative estimate of drug-likeness (QED) is 0.768. The van der Waals surface area contributed by atoms with Crippen molar-refractivity contribution in [2.24, 2.45) is 5.92 Å². The van der Waals surface area contributed by atoms with Gasteiger partial charge < -0.3 is 20.1 Å². The smallest absolute Gasteiger partial charge is 0.165 e. The maximum Gasteiger partial charge on any atom is 0.165 e. The van der Waals surface area contributed by atoms with Crippen LogP contribution in [0.15, 0.2) is 12.1 Å². The van der Waals surface area contributed by atoms with E-state index in [4.69, 9.17) is 4.74 Å². The zero-order chi connectivity index (χ0) is 18.1. The van der Waals surface area contributed by atoms with Crippen LogP contribution in [0.3, 0.4) is 0 Å². The number of hydrogen-bond acceptors (Lipinski definition) is 5. The largest absolute Gasteiger partial charge is 0.504 e. The van der Waals surface area contributed by atoms with E-state index in [2.05, 4.69) is 11.8 Å². The average Bonchev–Trinajstić information content (AvgIpc) is 3.01. The second-order valence-corrected chi connectivity index (χ2v) is 8.75. The summed E-state index contributed by atoms with van der Waals surface area (Å²) in [6.45, 7) is 4.15. The second kappa shape index (κ2) is 5.85. The molecule has 3 aliphatic carbocycles. The Labute approximate surface area is 154 Å². The van der Waals surface area contributed by atoms with Crippen LogP contribution in [0.1, 0.15) is 56.1 Å². The van der Waals surface area contributed by atoms with Gasteiger partial charge in [-0.05, 0) is 56.2 Å². The number of ether oxygens (including phenoxy) is 1. The van der Waals surface area contributed by atoms with Crippen LogP contribution >= 0.6 is 0 Å². The number of aliphatic hydroxyl groups is 2. The Hall–Kier alpha value is -1.30. The van der Waals surface area contributed by atoms with Crippen LogP contribution in [0.2, 0.25) is 0 Å². The van der Waals surface area contributed by atoms with E-state index in [-0.39, 0.29) is 17.7 Å². The second-order valence-electron chi connectivity index (χ2n) is 8.75. The zero-order valence-electron chi connectivity index (χ0n) is 15.4. The van der Waals surface area contributed by atoms with Crippen molar-refractivity contribution >= 4 is 0 Å². The molecule has 0 saturated heterocycles. The molecule has 5 atom stereocenters. The van der Waals surface area contributed by atoms with Gasteiger partial charge in [-0.1, -0.05) is 19.4 Å². The molecular formula is C21H29NO4. The molecule has 2 unspecified atom stereocenters. The number of nitrogens with zero attached hydrogens (tertiary/aromatic N) is 1. The van der Waals surface area contributed by atoms with E-state index in [9.17, 15) is 15.3 Å². The monoisotopic (exact) mass is 359 g/mol. The Kier molecular flexibility index (Phi) is 3.79. The highest BCUT2D eigenvalue weighted by atomic mass is 16.5. The molecule has 1 aliphatic heterocycles. The van der Waals surface area contributed by atoms with Gasteiger partial charge in [-0.25, -0.2) is 0 Å². The van der Waals surface area contributed by atoms with E-state index >= 15 is 0 Å². The molecule has 2 fully saturated rings. The van der Waals surface area contributed by atoms with Gasteiger partial charge in [0, 0.05) is 18.2 Å². The molecule has 0 radical (unpaired) electrons. The molecule has 3 N–H and O–H groups in total. The molecule has 1 heterocycles. The van der Waals surface area contributed by atoms with Crippen molar-refractivity contribution < 1.29 is 20.1 Å². The van der Waals surface area contributed by atoms with E-state index in [1.807, 2.05) is 6.07 Å². The van der Waals surface area contributed by atoms with E-state index in [0.29, 0.717) is 18.6 Å². The average molecular weight is 359 g/mol. The van der Waals surface area contributed by atoms with Crippen LogP contribution < -0.4 is 4.74 Å². The lowest BCUT2D eigenvalue weighted by Crippen LogP contribution is -2.65. The molecule has 0 bridgehead atoms. The normalized spacial score (nSPS) is 38.0. The number of aliphatic hydroxyl groups excluding tert-OH is 1. The van der Waals surface area contributed by atoms with Crippen LogP contribution in [0.5, 0.6) is 11.5 Å². The van der Waals surface area contributed by atoms with Crippen molar-refractivity contribution in [3.63, 3.8) is 0 Å². The van der Waals surface area contributed by atoms with Crippen LogP contribution in [0.25, 0.3) is 0 Å². The zero-order valence-corrected chi connectivity index (χ0v) is 15.4. The Bertz CT molecular complexity index is 718. The highest BCUT2D eigenvalue weighted by Crippen LogP contribution is 2.58. The van der Waals surface area contributed by atoms with Crippen molar-refractivity contribution in [2.75, 3.05) is 13.1 Å². The number of likely N-dealkylation sites (N-methyl/N-ethyl adjacent to an activating group) is 1. The molecule has 5 rings (SSSR count). The van der Waals surface area contributed by atoms with Gasteiger partial charge >= 0.3 is 0 Å². The Morgan fingerprint density at radius 1 is 1.27 bits per heavy atom. The number of benzene rings is 1. The Balaban J connectivity index is 1.58. The number of rotatable bonds is 4. The minimum Gasteiger partial charge on any atom is -0.504 e. The van der Waals surface area contributed by atoms with Crippen molar-refractivity contribution in [1.82, 2.24) is 4.90 Å². The lowest BCUT2D eigenvalue weighted by Gasteiger charge is -2.53. The molecule has 0 spiro atoms. The molecule has 142 valence electrons. The molecule has 0 aromatic heterocycles. The summed E-state index contributed by atoms with van der Waals surface area (Å²) >= 11 is 0. The van der Waals surface area contributed by atoms with Crippen LogP contribution in [-0.2, 0) is 6.42 Å². The lowest BCUT2D eigenvalue weighted by atomic mass is 9.61. The summed E-state index contributed by atoms with van der Waals surface area (Å²) in [5.41, 5.74) is 1.18. The first-order valence-electron chi connectivity index (χ1n) is 10.2. The molecular weight excluding hydrogens is 330 g/mol. The first kappa shape index (κ1) is 16.8. The summed E-state index contributed by atoms with van der Waals surface area (Å²) in [7, 11) is 0. The number of aromatic hydroxyl groups is 1. The fraction of sp³-hybridized carbons (Fsp3) is 0.714. The summed E-state index contributed by atoms with van der Waals surface area (Å²) < 4.78 is 6.01.